The van der Waals surface area contributed by atoms with Crippen LogP contribution >= 0.6 is 0 Å². The zero-order valence-corrected chi connectivity index (χ0v) is 8.79. The predicted octanol–water partition coefficient (Wildman–Crippen LogP) is 2.19. The smallest absolute Gasteiger partial charge is 0.0947 e. The Hall–Kier alpha value is -0.800. The lowest BCUT2D eigenvalue weighted by molar-refractivity contribution is 0.132. The second kappa shape index (κ2) is 7.59. The Morgan fingerprint density at radius 1 is 1.43 bits per heavy atom. The monoisotopic (exact) mass is 197 g/mol. The highest BCUT2D eigenvalue weighted by Crippen LogP contribution is 1.98. The van der Waals surface area contributed by atoms with Crippen molar-refractivity contribution in [3.05, 3.63) is 24.2 Å². The molecule has 80 valence electrons. The lowest BCUT2D eigenvalue weighted by Crippen LogP contribution is -2.16. The average molecular weight is 197 g/mol. The van der Waals surface area contributed by atoms with Gasteiger partial charge in [-0.2, -0.15) is 0 Å². The van der Waals surface area contributed by atoms with Crippen molar-refractivity contribution < 1.29 is 9.15 Å². The summed E-state index contributed by atoms with van der Waals surface area (Å²) in [6.07, 6.45) is 5.63. The van der Waals surface area contributed by atoms with Crippen LogP contribution in [0.25, 0.3) is 0 Å². The minimum atomic E-state index is 0.853. The molecular formula is C11H19NO2. The van der Waals surface area contributed by atoms with Gasteiger partial charge in [-0.25, -0.2) is 0 Å². The lowest BCUT2D eigenvalue weighted by atomic mass is 10.3. The molecule has 1 N–H and O–H groups in total. The molecule has 0 spiro atoms. The van der Waals surface area contributed by atoms with Crippen molar-refractivity contribution in [3.63, 3.8) is 0 Å². The molecule has 0 saturated carbocycles. The van der Waals surface area contributed by atoms with E-state index in [0.29, 0.717) is 0 Å². The van der Waals surface area contributed by atoms with Gasteiger partial charge in [0.1, 0.15) is 0 Å². The molecule has 0 aromatic carbocycles. The van der Waals surface area contributed by atoms with E-state index >= 15 is 0 Å². The van der Waals surface area contributed by atoms with Gasteiger partial charge in [-0.1, -0.05) is 6.92 Å². The Labute approximate surface area is 85.4 Å². The summed E-state index contributed by atoms with van der Waals surface area (Å²) in [4.78, 5) is 0. The summed E-state index contributed by atoms with van der Waals surface area (Å²) in [6.45, 7) is 5.73. The quantitative estimate of drug-likeness (QED) is 0.649. The standard InChI is InChI=1S/C11H19NO2/c1-2-6-13-7-3-5-12-9-11-4-8-14-10-11/h4,8,10,12H,2-3,5-7,9H2,1H3. The first-order valence-electron chi connectivity index (χ1n) is 5.23. The minimum absolute atomic E-state index is 0.853. The molecule has 3 nitrogen and oxygen atoms in total. The normalized spacial score (nSPS) is 10.6. The molecule has 0 unspecified atom stereocenters. The van der Waals surface area contributed by atoms with E-state index in [1.807, 2.05) is 6.07 Å². The number of furan rings is 1. The Morgan fingerprint density at radius 2 is 2.36 bits per heavy atom. The summed E-state index contributed by atoms with van der Waals surface area (Å²) in [5.74, 6) is 0. The summed E-state index contributed by atoms with van der Waals surface area (Å²) >= 11 is 0. The van der Waals surface area contributed by atoms with Gasteiger partial charge < -0.3 is 14.5 Å². The summed E-state index contributed by atoms with van der Waals surface area (Å²) in [5, 5.41) is 3.32. The van der Waals surface area contributed by atoms with Gasteiger partial charge in [-0.15, -0.1) is 0 Å². The maximum absolute atomic E-state index is 5.36. The van der Waals surface area contributed by atoms with Crippen LogP contribution in [0.2, 0.25) is 0 Å². The summed E-state index contributed by atoms with van der Waals surface area (Å²) in [7, 11) is 0. The molecule has 0 saturated heterocycles. The SMILES string of the molecule is CCCOCCCNCc1ccoc1. The van der Waals surface area contributed by atoms with Gasteiger partial charge >= 0.3 is 0 Å². The van der Waals surface area contributed by atoms with E-state index in [-0.39, 0.29) is 0 Å². The first kappa shape index (κ1) is 11.3. The molecular weight excluding hydrogens is 178 g/mol. The summed E-state index contributed by atoms with van der Waals surface area (Å²) in [5.41, 5.74) is 1.19. The Morgan fingerprint density at radius 3 is 3.07 bits per heavy atom. The van der Waals surface area contributed by atoms with E-state index in [4.69, 9.17) is 9.15 Å². The van der Waals surface area contributed by atoms with Gasteiger partial charge in [0, 0.05) is 25.3 Å². The van der Waals surface area contributed by atoms with E-state index in [1.54, 1.807) is 12.5 Å². The van der Waals surface area contributed by atoms with Crippen LogP contribution in [0.4, 0.5) is 0 Å². The van der Waals surface area contributed by atoms with Crippen LogP contribution in [0.5, 0.6) is 0 Å². The minimum Gasteiger partial charge on any atom is -0.472 e. The van der Waals surface area contributed by atoms with Crippen LogP contribution in [0.15, 0.2) is 23.0 Å². The van der Waals surface area contributed by atoms with E-state index in [9.17, 15) is 0 Å². The molecule has 1 rings (SSSR count). The molecule has 1 aromatic heterocycles. The third kappa shape index (κ3) is 5.04. The van der Waals surface area contributed by atoms with Crippen LogP contribution in [0.1, 0.15) is 25.3 Å². The molecule has 3 heteroatoms. The van der Waals surface area contributed by atoms with Crippen molar-refractivity contribution in [3.8, 4) is 0 Å². The van der Waals surface area contributed by atoms with E-state index in [2.05, 4.69) is 12.2 Å². The molecule has 1 heterocycles. The zero-order valence-electron chi connectivity index (χ0n) is 8.79. The highest BCUT2D eigenvalue weighted by Gasteiger charge is 1.93. The van der Waals surface area contributed by atoms with E-state index in [1.165, 1.54) is 5.56 Å². The molecule has 0 atom stereocenters. The first-order chi connectivity index (χ1) is 6.93. The molecule has 0 aliphatic rings. The molecule has 0 bridgehead atoms. The van der Waals surface area contributed by atoms with Crippen molar-refractivity contribution in [1.29, 1.82) is 0 Å². The van der Waals surface area contributed by atoms with Gasteiger partial charge in [0.2, 0.25) is 0 Å². The molecule has 1 aromatic rings. The van der Waals surface area contributed by atoms with Crippen LogP contribution < -0.4 is 5.32 Å². The number of nitrogens with one attached hydrogen (secondary N) is 1. The highest BCUT2D eigenvalue weighted by molar-refractivity contribution is 5.04. The van der Waals surface area contributed by atoms with E-state index in [0.717, 1.165) is 39.1 Å². The van der Waals surface area contributed by atoms with Gasteiger partial charge in [0.15, 0.2) is 0 Å². The van der Waals surface area contributed by atoms with Crippen LogP contribution in [0.3, 0.4) is 0 Å². The molecule has 0 aliphatic heterocycles. The second-order valence-electron chi connectivity index (χ2n) is 3.27. The van der Waals surface area contributed by atoms with Gasteiger partial charge in [0.05, 0.1) is 12.5 Å². The summed E-state index contributed by atoms with van der Waals surface area (Å²) < 4.78 is 10.3. The molecule has 0 radical (unpaired) electrons. The number of hydrogen-bond acceptors (Lipinski definition) is 3. The van der Waals surface area contributed by atoms with Crippen LogP contribution in [-0.2, 0) is 11.3 Å². The average Bonchev–Trinajstić information content (AvgIpc) is 2.69. The third-order valence-electron chi connectivity index (χ3n) is 1.90. The zero-order chi connectivity index (χ0) is 10.1. The maximum atomic E-state index is 5.36. The van der Waals surface area contributed by atoms with E-state index < -0.39 is 0 Å². The lowest BCUT2D eigenvalue weighted by Gasteiger charge is -2.03. The first-order valence-corrected chi connectivity index (χ1v) is 5.23. The highest BCUT2D eigenvalue weighted by atomic mass is 16.5. The number of hydrogen-bond donors (Lipinski definition) is 1. The maximum Gasteiger partial charge on any atom is 0.0947 e. The Bertz CT molecular complexity index is 209. The van der Waals surface area contributed by atoms with Gasteiger partial charge in [0.25, 0.3) is 0 Å². The van der Waals surface area contributed by atoms with Crippen molar-refractivity contribution >= 4 is 0 Å². The number of rotatable bonds is 8. The third-order valence-corrected chi connectivity index (χ3v) is 1.90. The van der Waals surface area contributed by atoms with Crippen molar-refractivity contribution in [2.24, 2.45) is 0 Å². The number of ether oxygens (including phenoxy) is 1. The van der Waals surface area contributed by atoms with Gasteiger partial charge in [-0.3, -0.25) is 0 Å². The fraction of sp³-hybridized carbons (Fsp3) is 0.636. The molecule has 0 amide bonds. The van der Waals surface area contributed by atoms with Crippen molar-refractivity contribution in [2.45, 2.75) is 26.3 Å². The molecule has 0 fully saturated rings. The van der Waals surface area contributed by atoms with Crippen LogP contribution in [0, 0.1) is 0 Å². The summed E-state index contributed by atoms with van der Waals surface area (Å²) in [6, 6.07) is 1.97. The fourth-order valence-electron chi connectivity index (χ4n) is 1.17. The second-order valence-corrected chi connectivity index (χ2v) is 3.27. The topological polar surface area (TPSA) is 34.4 Å². The fourth-order valence-corrected chi connectivity index (χ4v) is 1.17. The van der Waals surface area contributed by atoms with Crippen molar-refractivity contribution in [1.82, 2.24) is 5.32 Å². The predicted molar refractivity (Wildman–Crippen MR) is 56.1 cm³/mol. The Balaban J connectivity index is 1.85. The van der Waals surface area contributed by atoms with Crippen LogP contribution in [-0.4, -0.2) is 19.8 Å². The molecule has 0 aliphatic carbocycles. The Kier molecular flexibility index (Phi) is 6.11. The molecule has 14 heavy (non-hydrogen) atoms. The van der Waals surface area contributed by atoms with Crippen molar-refractivity contribution in [2.75, 3.05) is 19.8 Å². The largest absolute Gasteiger partial charge is 0.472 e. The van der Waals surface area contributed by atoms with Gasteiger partial charge in [-0.05, 0) is 25.5 Å².